The highest BCUT2D eigenvalue weighted by Gasteiger charge is 1.95. The second-order valence-electron chi connectivity index (χ2n) is 1.22. The average molecular weight is 92.1 g/mol. The summed E-state index contributed by atoms with van der Waals surface area (Å²) >= 11 is 0. The topological polar surface area (TPSA) is 24.7 Å². The van der Waals surface area contributed by atoms with Crippen molar-refractivity contribution in [2.45, 2.75) is 0 Å². The van der Waals surface area contributed by atoms with Crippen LogP contribution in [0.1, 0.15) is 0 Å². The van der Waals surface area contributed by atoms with Gasteiger partial charge in [-0.2, -0.15) is 10.2 Å². The van der Waals surface area contributed by atoms with Gasteiger partial charge in [-0.05, 0) is 0 Å². The van der Waals surface area contributed by atoms with Crippen LogP contribution in [-0.2, 0) is 0 Å². The number of hydrogen-bond donors (Lipinski definition) is 0. The molecule has 2 nitrogen and oxygen atoms in total. The SMILES string of the molecule is C=C1[C-]=C([CH2+])N=N1. The molecule has 0 saturated carbocycles. The molecule has 0 unspecified atom stereocenters. The molecule has 0 saturated heterocycles. The molecule has 0 bridgehead atoms. The monoisotopic (exact) mass is 92.0 g/mol. The first-order valence-electron chi connectivity index (χ1n) is 1.85. The van der Waals surface area contributed by atoms with Crippen molar-refractivity contribution >= 4 is 0 Å². The molecule has 0 aromatic carbocycles. The number of azo groups is 1. The summed E-state index contributed by atoms with van der Waals surface area (Å²) in [5, 5.41) is 7.07. The van der Waals surface area contributed by atoms with Gasteiger partial charge >= 0.3 is 0 Å². The molecule has 34 valence electrons. The normalized spacial score (nSPS) is 17.7. The van der Waals surface area contributed by atoms with Gasteiger partial charge in [0.05, 0.1) is 11.4 Å². The molecule has 0 atom stereocenters. The van der Waals surface area contributed by atoms with E-state index in [9.17, 15) is 0 Å². The molecule has 1 rings (SSSR count). The predicted octanol–water partition coefficient (Wildman–Crippen LogP) is 1.49. The standard InChI is InChI=1S/C5H4N2/c1-4-3-5(2)7-6-4/h1-2H2. The molecule has 0 amide bonds. The lowest BCUT2D eigenvalue weighted by atomic mass is 10.4. The van der Waals surface area contributed by atoms with E-state index in [2.05, 4.69) is 29.8 Å². The molecule has 7 heavy (non-hydrogen) atoms. The smallest absolute Gasteiger partial charge is 0.0887 e. The Morgan fingerprint density at radius 2 is 2.29 bits per heavy atom. The summed E-state index contributed by atoms with van der Waals surface area (Å²) < 4.78 is 0. The lowest BCUT2D eigenvalue weighted by molar-refractivity contribution is 1.20. The van der Waals surface area contributed by atoms with E-state index in [4.69, 9.17) is 0 Å². The maximum atomic E-state index is 3.54. The van der Waals surface area contributed by atoms with Gasteiger partial charge in [0.1, 0.15) is 0 Å². The summed E-state index contributed by atoms with van der Waals surface area (Å²) in [5.74, 6) is 0. The van der Waals surface area contributed by atoms with E-state index in [1.165, 1.54) is 0 Å². The summed E-state index contributed by atoms with van der Waals surface area (Å²) in [5.41, 5.74) is 1.12. The van der Waals surface area contributed by atoms with E-state index in [0.717, 1.165) is 0 Å². The van der Waals surface area contributed by atoms with Crippen molar-refractivity contribution in [3.8, 4) is 0 Å². The third-order valence-corrected chi connectivity index (χ3v) is 0.580. The van der Waals surface area contributed by atoms with Crippen molar-refractivity contribution in [2.75, 3.05) is 0 Å². The van der Waals surface area contributed by atoms with Crippen molar-refractivity contribution in [3.05, 3.63) is 31.0 Å². The molecule has 0 aromatic heterocycles. The Labute approximate surface area is 42.3 Å². The molecular formula is C5H4N2. The molecule has 0 fully saturated rings. The minimum Gasteiger partial charge on any atom is -0.150 e. The Morgan fingerprint density at radius 3 is 2.43 bits per heavy atom. The third-order valence-electron chi connectivity index (χ3n) is 0.580. The van der Waals surface area contributed by atoms with Gasteiger partial charge < -0.3 is 0 Å². The quantitative estimate of drug-likeness (QED) is 0.404. The lowest BCUT2D eigenvalue weighted by Crippen LogP contribution is -1.57. The van der Waals surface area contributed by atoms with Crippen molar-refractivity contribution in [1.82, 2.24) is 0 Å². The number of nitrogens with zero attached hydrogens (tertiary/aromatic N) is 2. The van der Waals surface area contributed by atoms with Crippen LogP contribution in [0.25, 0.3) is 0 Å². The zero-order chi connectivity index (χ0) is 5.28. The van der Waals surface area contributed by atoms with Gasteiger partial charge in [-0.15, -0.1) is 0 Å². The average Bonchev–Trinajstić information content (AvgIpc) is 1.87. The van der Waals surface area contributed by atoms with Gasteiger partial charge in [0.2, 0.25) is 0 Å². The van der Waals surface area contributed by atoms with Crippen LogP contribution < -0.4 is 0 Å². The van der Waals surface area contributed by atoms with Crippen molar-refractivity contribution < 1.29 is 0 Å². The molecule has 0 spiro atoms. The molecule has 1 aliphatic rings. The Balaban J connectivity index is 2.88. The van der Waals surface area contributed by atoms with E-state index < -0.39 is 0 Å². The molecule has 1 heterocycles. The van der Waals surface area contributed by atoms with Crippen LogP contribution in [0.5, 0.6) is 0 Å². The first-order chi connectivity index (χ1) is 3.29. The summed E-state index contributed by atoms with van der Waals surface area (Å²) in [6.07, 6.45) is 2.69. The van der Waals surface area contributed by atoms with Crippen molar-refractivity contribution in [1.29, 1.82) is 0 Å². The summed E-state index contributed by atoms with van der Waals surface area (Å²) in [6, 6.07) is 0. The fraction of sp³-hybridized carbons (Fsp3) is 0. The Hall–Kier alpha value is -1.05. The van der Waals surface area contributed by atoms with Crippen LogP contribution in [0.2, 0.25) is 0 Å². The van der Waals surface area contributed by atoms with E-state index in [1.54, 1.807) is 0 Å². The highest BCUT2D eigenvalue weighted by Crippen LogP contribution is 2.09. The van der Waals surface area contributed by atoms with Gasteiger partial charge in [-0.3, -0.25) is 0 Å². The van der Waals surface area contributed by atoms with Crippen LogP contribution in [0, 0.1) is 13.0 Å². The number of rotatable bonds is 0. The van der Waals surface area contributed by atoms with Crippen LogP contribution in [0.4, 0.5) is 0 Å². The van der Waals surface area contributed by atoms with Crippen LogP contribution >= 0.6 is 0 Å². The van der Waals surface area contributed by atoms with Gasteiger partial charge in [0.15, 0.2) is 0 Å². The van der Waals surface area contributed by atoms with Gasteiger partial charge in [0.25, 0.3) is 0 Å². The predicted molar refractivity (Wildman–Crippen MR) is 26.1 cm³/mol. The van der Waals surface area contributed by atoms with Gasteiger partial charge in [0, 0.05) is 6.08 Å². The van der Waals surface area contributed by atoms with Gasteiger partial charge in [-0.1, -0.05) is 13.5 Å². The fourth-order valence-corrected chi connectivity index (χ4v) is 0.337. The van der Waals surface area contributed by atoms with E-state index in [1.807, 2.05) is 0 Å². The fourth-order valence-electron chi connectivity index (χ4n) is 0.337. The third kappa shape index (κ3) is 0.682. The van der Waals surface area contributed by atoms with E-state index in [-0.39, 0.29) is 0 Å². The number of allylic oxidation sites excluding steroid dienone is 2. The molecule has 2 heteroatoms. The molecule has 0 aromatic rings. The maximum absolute atomic E-state index is 3.54. The molecule has 0 aliphatic carbocycles. The van der Waals surface area contributed by atoms with E-state index in [0.29, 0.717) is 11.4 Å². The molecular weight excluding hydrogens is 88.1 g/mol. The number of hydrogen-bond acceptors (Lipinski definition) is 2. The Morgan fingerprint density at radius 1 is 1.57 bits per heavy atom. The van der Waals surface area contributed by atoms with Crippen LogP contribution in [-0.4, -0.2) is 0 Å². The van der Waals surface area contributed by atoms with Gasteiger partial charge in [-0.25, -0.2) is 0 Å². The molecule has 1 aliphatic heterocycles. The second kappa shape index (κ2) is 1.22. The second-order valence-corrected chi connectivity index (χ2v) is 1.22. The largest absolute Gasteiger partial charge is 0.150 e. The highest BCUT2D eigenvalue weighted by molar-refractivity contribution is 5.17. The highest BCUT2D eigenvalue weighted by atomic mass is 15.1. The first-order valence-corrected chi connectivity index (χ1v) is 1.85. The zero-order valence-corrected chi connectivity index (χ0v) is 3.81. The van der Waals surface area contributed by atoms with Crippen molar-refractivity contribution in [3.63, 3.8) is 0 Å². The van der Waals surface area contributed by atoms with Crippen molar-refractivity contribution in [2.24, 2.45) is 10.2 Å². The summed E-state index contributed by atoms with van der Waals surface area (Å²) in [6.45, 7) is 6.94. The Bertz CT molecular complexity index is 153. The minimum atomic E-state index is 0.560. The molecule has 0 radical (unpaired) electrons. The maximum Gasteiger partial charge on any atom is 0.0887 e. The van der Waals surface area contributed by atoms with Crippen LogP contribution in [0.15, 0.2) is 28.2 Å². The van der Waals surface area contributed by atoms with E-state index >= 15 is 0 Å². The Kier molecular flexibility index (Phi) is 0.719. The minimum absolute atomic E-state index is 0.560. The lowest BCUT2D eigenvalue weighted by Gasteiger charge is -1.68. The zero-order valence-electron chi connectivity index (χ0n) is 3.81. The first kappa shape index (κ1) is 4.12. The summed E-state index contributed by atoms with van der Waals surface area (Å²) in [7, 11) is 0. The molecule has 0 N–H and O–H groups in total. The van der Waals surface area contributed by atoms with Crippen LogP contribution in [0.3, 0.4) is 0 Å². The summed E-state index contributed by atoms with van der Waals surface area (Å²) in [4.78, 5) is 0.